The molecule has 0 aliphatic heterocycles. The van der Waals surface area contributed by atoms with E-state index in [0.717, 1.165) is 0 Å². The van der Waals surface area contributed by atoms with Gasteiger partial charge in [0.1, 0.15) is 17.1 Å². The number of nitrogens with zero attached hydrogens (tertiary/aromatic N) is 15. The van der Waals surface area contributed by atoms with Gasteiger partial charge in [-0.3, -0.25) is 15.0 Å². The second-order valence-corrected chi connectivity index (χ2v) is 7.19. The minimum Gasteiger partial charge on any atom is -0.528 e. The molecule has 6 aromatic rings. The smallest absolute Gasteiger partial charge is 0.528 e. The van der Waals surface area contributed by atoms with E-state index in [1.165, 1.54) is 18.6 Å². The van der Waals surface area contributed by atoms with Gasteiger partial charge in [-0.05, 0) is 67.7 Å². The van der Waals surface area contributed by atoms with E-state index in [1.807, 2.05) is 0 Å². The van der Waals surface area contributed by atoms with Crippen LogP contribution in [0.4, 0.5) is 14.4 Å². The summed E-state index contributed by atoms with van der Waals surface area (Å²) < 4.78 is 1.67. The van der Waals surface area contributed by atoms with E-state index in [1.54, 1.807) is 54.6 Å². The Hall–Kier alpha value is -6.28. The molecule has 0 saturated heterocycles. The van der Waals surface area contributed by atoms with E-state index in [0.29, 0.717) is 31.1 Å². The third-order valence-corrected chi connectivity index (χ3v) is 4.61. The quantitative estimate of drug-likeness (QED) is 0.160. The summed E-state index contributed by atoms with van der Waals surface area (Å²) in [5, 5.41) is 61.6. The number of rotatable bonds is 3. The van der Waals surface area contributed by atoms with Gasteiger partial charge in [-0.2, -0.15) is 14.0 Å². The maximum Gasteiger partial charge on any atom is 3.00 e. The van der Waals surface area contributed by atoms with Crippen LogP contribution in [-0.4, -0.2) is 93.9 Å². The molecule has 0 fully saturated rings. The molecule has 43 heavy (non-hydrogen) atoms. The fourth-order valence-corrected chi connectivity index (χ4v) is 2.89. The van der Waals surface area contributed by atoms with Crippen LogP contribution in [0, 0.1) is 0 Å². The Morgan fingerprint density at radius 1 is 0.488 bits per heavy atom. The van der Waals surface area contributed by atoms with Crippen LogP contribution >= 0.6 is 0 Å². The fraction of sp³-hybridized carbons (Fsp3) is 0. The first-order valence-electron chi connectivity index (χ1n) is 11.1. The van der Waals surface area contributed by atoms with Crippen molar-refractivity contribution >= 4 is 18.3 Å². The van der Waals surface area contributed by atoms with Crippen LogP contribution < -0.4 is 15.3 Å². The number of hydrogen-bond donors (Lipinski definition) is 0. The zero-order valence-corrected chi connectivity index (χ0v) is 23.3. The topological polar surface area (TPSA) is 290 Å². The number of hydrogen-bond acceptors (Lipinski definition) is 18. The summed E-state index contributed by atoms with van der Waals surface area (Å²) in [5.41, 5.74) is 1.13. The van der Waals surface area contributed by atoms with Gasteiger partial charge in [-0.1, -0.05) is 18.2 Å². The fourth-order valence-electron chi connectivity index (χ4n) is 2.89. The van der Waals surface area contributed by atoms with Crippen molar-refractivity contribution < 1.29 is 49.8 Å². The number of pyridine rings is 3. The van der Waals surface area contributed by atoms with Crippen molar-refractivity contribution in [3.05, 3.63) is 73.2 Å². The molecule has 216 valence electrons. The number of carbonyl (C=O) groups excluding carboxylic acids is 3. The first-order valence-corrected chi connectivity index (χ1v) is 11.1. The second kappa shape index (κ2) is 14.9. The van der Waals surface area contributed by atoms with Crippen molar-refractivity contribution in [2.24, 2.45) is 0 Å². The first kappa shape index (κ1) is 31.2. The van der Waals surface area contributed by atoms with Crippen LogP contribution in [0.5, 0.6) is 0 Å². The Morgan fingerprint density at radius 2 is 0.767 bits per heavy atom. The summed E-state index contributed by atoms with van der Waals surface area (Å²) >= 11 is 0. The monoisotopic (exact) mass is 763 g/mol. The van der Waals surface area contributed by atoms with E-state index in [4.69, 9.17) is 0 Å². The van der Waals surface area contributed by atoms with Crippen LogP contribution in [0.2, 0.25) is 0 Å². The minimum atomic E-state index is -1.49. The van der Waals surface area contributed by atoms with Crippen LogP contribution in [0.15, 0.2) is 73.2 Å². The molecule has 0 bridgehead atoms. The van der Waals surface area contributed by atoms with Crippen molar-refractivity contribution in [3.63, 3.8) is 0 Å². The molecular weight excluding hydrogens is 751 g/mol. The Kier molecular flexibility index (Phi) is 10.8. The van der Waals surface area contributed by atoms with Gasteiger partial charge in [-0.15, -0.1) is 15.3 Å². The molecule has 6 rings (SSSR count). The summed E-state index contributed by atoms with van der Waals surface area (Å²) in [5.74, 6) is 0.141. The summed E-state index contributed by atoms with van der Waals surface area (Å²) in [6.07, 6.45) is 0.0821. The molecule has 0 aliphatic carbocycles. The van der Waals surface area contributed by atoms with Gasteiger partial charge in [0.25, 0.3) is 0 Å². The van der Waals surface area contributed by atoms with Crippen LogP contribution in [-0.2, 0) is 20.1 Å². The number of carboxylic acid groups (broad SMARTS) is 3. The van der Waals surface area contributed by atoms with Crippen molar-refractivity contribution in [3.8, 4) is 34.6 Å². The van der Waals surface area contributed by atoms with E-state index in [-0.39, 0.29) is 37.6 Å². The van der Waals surface area contributed by atoms with Crippen LogP contribution in [0.3, 0.4) is 0 Å². The summed E-state index contributed by atoms with van der Waals surface area (Å²) in [6.45, 7) is 0. The van der Waals surface area contributed by atoms with E-state index >= 15 is 0 Å². The molecule has 0 unspecified atom stereocenters. The molecule has 0 spiro atoms. The zero-order valence-electron chi connectivity index (χ0n) is 20.9. The van der Waals surface area contributed by atoms with Crippen LogP contribution in [0.1, 0.15) is 0 Å². The first-order chi connectivity index (χ1) is 20.4. The zero-order chi connectivity index (χ0) is 29.9. The molecule has 0 amide bonds. The number of aromatic nitrogens is 15. The SMILES string of the molecule is O=C([O-])n1nnnc1-c1ccccn1.O=C([O-])n1nnnc1-c1ccccn1.O=C([O-])n1nnnc1-c1ccccn1.[Ir+3]. The average Bonchev–Trinajstić information content (AvgIpc) is 3.80. The standard InChI is InChI=1S/3C7H5N5O2.Ir/c3*13-7(14)12-6(9-10-11-12)5-3-1-2-4-8-5;/h3*1-4H,(H,13,14);/q;;;+3/p-3. The summed E-state index contributed by atoms with van der Waals surface area (Å²) in [4.78, 5) is 43.3. The van der Waals surface area contributed by atoms with E-state index in [9.17, 15) is 29.7 Å². The van der Waals surface area contributed by atoms with Gasteiger partial charge in [0.2, 0.25) is 17.5 Å². The molecule has 0 N–H and O–H groups in total. The summed E-state index contributed by atoms with van der Waals surface area (Å²) in [7, 11) is 0. The molecule has 0 aromatic carbocycles. The van der Waals surface area contributed by atoms with Crippen molar-refractivity contribution in [2.45, 2.75) is 0 Å². The molecule has 0 atom stereocenters. The molecule has 22 heteroatoms. The third-order valence-electron chi connectivity index (χ3n) is 4.61. The second-order valence-electron chi connectivity index (χ2n) is 7.19. The Balaban J connectivity index is 0.000000175. The van der Waals surface area contributed by atoms with Gasteiger partial charge in [0.05, 0.1) is 0 Å². The molecule has 0 saturated carbocycles. The Bertz CT molecular complexity index is 1570. The van der Waals surface area contributed by atoms with Gasteiger partial charge in [0, 0.05) is 18.6 Å². The predicted octanol–water partition coefficient (Wildman–Crippen LogP) is -3.22. The van der Waals surface area contributed by atoms with Gasteiger partial charge in [0.15, 0.2) is 18.3 Å². The molecule has 0 radical (unpaired) electrons. The predicted molar refractivity (Wildman–Crippen MR) is 126 cm³/mol. The average molecular weight is 763 g/mol. The van der Waals surface area contributed by atoms with Crippen LogP contribution in [0.25, 0.3) is 34.6 Å². The molecular formula is C21H12IrN15O6. The molecule has 6 heterocycles. The molecule has 0 aliphatic rings. The van der Waals surface area contributed by atoms with E-state index in [2.05, 4.69) is 61.5 Å². The number of tetrazole rings is 3. The maximum atomic E-state index is 10.5. The third kappa shape index (κ3) is 7.90. The van der Waals surface area contributed by atoms with Crippen molar-refractivity contribution in [1.29, 1.82) is 0 Å². The normalized spacial score (nSPS) is 9.77. The maximum absolute atomic E-state index is 10.5. The van der Waals surface area contributed by atoms with Crippen molar-refractivity contribution in [2.75, 3.05) is 0 Å². The molecule has 21 nitrogen and oxygen atoms in total. The van der Waals surface area contributed by atoms with Crippen molar-refractivity contribution in [1.82, 2.24) is 75.6 Å². The number of carbonyl (C=O) groups is 3. The Morgan fingerprint density at radius 3 is 0.977 bits per heavy atom. The summed E-state index contributed by atoms with van der Waals surface area (Å²) in [6, 6.07) is 15.0. The van der Waals surface area contributed by atoms with Gasteiger partial charge < -0.3 is 29.7 Å². The van der Waals surface area contributed by atoms with E-state index < -0.39 is 18.3 Å². The van der Waals surface area contributed by atoms with Gasteiger partial charge >= 0.3 is 20.1 Å². The van der Waals surface area contributed by atoms with Gasteiger partial charge in [-0.25, -0.2) is 0 Å². The molecule has 6 aromatic heterocycles. The largest absolute Gasteiger partial charge is 3.00 e. The Labute approximate surface area is 251 Å². The minimum absolute atomic E-state index is 0.